The summed E-state index contributed by atoms with van der Waals surface area (Å²) in [7, 11) is -8.01. The van der Waals surface area contributed by atoms with Gasteiger partial charge < -0.3 is 23.4 Å². The average molecular weight is 436 g/mol. The van der Waals surface area contributed by atoms with Gasteiger partial charge in [0.1, 0.15) is 5.82 Å². The highest BCUT2D eigenvalue weighted by Gasteiger charge is 2.53. The Bertz CT molecular complexity index is 616. The minimum absolute atomic E-state index is 0.354. The van der Waals surface area contributed by atoms with Crippen LogP contribution in [0.2, 0.25) is 0 Å². The van der Waals surface area contributed by atoms with Gasteiger partial charge in [0.25, 0.3) is 0 Å². The zero-order chi connectivity index (χ0) is 21.5. The summed E-state index contributed by atoms with van der Waals surface area (Å²) < 4.78 is 50.6. The van der Waals surface area contributed by atoms with Crippen LogP contribution >= 0.6 is 15.2 Å². The molecule has 1 rings (SSSR count). The van der Waals surface area contributed by atoms with Gasteiger partial charge in [0, 0.05) is 6.20 Å². The molecule has 0 aliphatic rings. The zero-order valence-corrected chi connectivity index (χ0v) is 19.8. The van der Waals surface area contributed by atoms with Gasteiger partial charge in [-0.05, 0) is 67.5 Å². The molecule has 0 radical (unpaired) electrons. The van der Waals surface area contributed by atoms with E-state index in [-0.39, 0.29) is 0 Å². The number of anilines is 1. The third-order valence-corrected chi connectivity index (χ3v) is 8.99. The summed E-state index contributed by atoms with van der Waals surface area (Å²) in [5.74, 6) is 0.354. The van der Waals surface area contributed by atoms with Gasteiger partial charge in [-0.15, -0.1) is 0 Å². The Morgan fingerprint density at radius 1 is 0.750 bits per heavy atom. The minimum atomic E-state index is -4.01. The first kappa shape index (κ1) is 25.3. The van der Waals surface area contributed by atoms with Gasteiger partial charge in [-0.1, -0.05) is 6.07 Å². The summed E-state index contributed by atoms with van der Waals surface area (Å²) in [5, 5.41) is 2.94. The van der Waals surface area contributed by atoms with E-state index in [9.17, 15) is 9.13 Å². The molecule has 0 saturated heterocycles. The highest BCUT2D eigenvalue weighted by atomic mass is 31.2. The molecule has 0 aliphatic heterocycles. The van der Waals surface area contributed by atoms with E-state index in [4.69, 9.17) is 18.1 Å². The van der Waals surface area contributed by atoms with Crippen molar-refractivity contribution in [2.24, 2.45) is 0 Å². The molecular weight excluding hydrogens is 402 g/mol. The summed E-state index contributed by atoms with van der Waals surface area (Å²) in [6.45, 7) is 13.8. The van der Waals surface area contributed by atoms with E-state index in [2.05, 4.69) is 10.3 Å². The molecular formula is C18H34N2O6P2. The normalized spacial score (nSPS) is 13.3. The Kier molecular flexibility index (Phi) is 9.81. The lowest BCUT2D eigenvalue weighted by Crippen LogP contribution is -2.29. The molecule has 8 nitrogen and oxygen atoms in total. The van der Waals surface area contributed by atoms with Gasteiger partial charge in [0.2, 0.25) is 5.52 Å². The van der Waals surface area contributed by atoms with Crippen molar-refractivity contribution in [1.82, 2.24) is 4.98 Å². The Morgan fingerprint density at radius 3 is 1.43 bits per heavy atom. The molecule has 0 spiro atoms. The molecule has 0 saturated carbocycles. The molecule has 0 amide bonds. The van der Waals surface area contributed by atoms with E-state index in [1.807, 2.05) is 0 Å². The van der Waals surface area contributed by atoms with E-state index in [1.54, 1.807) is 79.8 Å². The van der Waals surface area contributed by atoms with Crippen LogP contribution < -0.4 is 5.32 Å². The standard InChI is InChI=1S/C18H34N2O6P2/c1-13(2)23-27(21,24-14(3)4)18(20-17-11-9-10-12-19-17)28(22,25-15(5)6)26-16(7)8/h9-16,18H,1-8H3,(H,19,20). The third kappa shape index (κ3) is 7.94. The second-order valence-corrected chi connectivity index (χ2v) is 11.9. The van der Waals surface area contributed by atoms with E-state index in [0.29, 0.717) is 5.82 Å². The van der Waals surface area contributed by atoms with Gasteiger partial charge in [0.15, 0.2) is 0 Å². The van der Waals surface area contributed by atoms with Gasteiger partial charge >= 0.3 is 15.2 Å². The Hall–Kier alpha value is -0.750. The SMILES string of the molecule is CC(C)OP(=O)(OC(C)C)C(Nc1ccccn1)P(=O)(OC(C)C)OC(C)C. The molecule has 0 unspecified atom stereocenters. The van der Waals surface area contributed by atoms with Crippen LogP contribution in [0.3, 0.4) is 0 Å². The quantitative estimate of drug-likeness (QED) is 0.407. The van der Waals surface area contributed by atoms with Gasteiger partial charge in [-0.2, -0.15) is 0 Å². The summed E-state index contributed by atoms with van der Waals surface area (Å²) in [4.78, 5) is 4.19. The van der Waals surface area contributed by atoms with Crippen molar-refractivity contribution < 1.29 is 27.2 Å². The number of hydrogen-bond acceptors (Lipinski definition) is 8. The van der Waals surface area contributed by atoms with Crippen LogP contribution in [0.5, 0.6) is 0 Å². The topological polar surface area (TPSA) is 96.0 Å². The molecule has 0 atom stereocenters. The van der Waals surface area contributed by atoms with Crippen LogP contribution in [0.15, 0.2) is 24.4 Å². The molecule has 0 fully saturated rings. The van der Waals surface area contributed by atoms with E-state index in [0.717, 1.165) is 0 Å². The molecule has 1 N–H and O–H groups in total. The lowest BCUT2D eigenvalue weighted by molar-refractivity contribution is 0.124. The monoisotopic (exact) mass is 436 g/mol. The predicted molar refractivity (Wildman–Crippen MR) is 112 cm³/mol. The molecule has 1 aromatic heterocycles. The highest BCUT2D eigenvalue weighted by Crippen LogP contribution is 2.71. The maximum absolute atomic E-state index is 13.9. The predicted octanol–water partition coefficient (Wildman–Crippen LogP) is 5.86. The number of nitrogens with one attached hydrogen (secondary N) is 1. The molecule has 0 aromatic carbocycles. The Morgan fingerprint density at radius 2 is 1.14 bits per heavy atom. The summed E-state index contributed by atoms with van der Waals surface area (Å²) in [6, 6.07) is 5.16. The fourth-order valence-electron chi connectivity index (χ4n) is 2.37. The number of hydrogen-bond donors (Lipinski definition) is 1. The van der Waals surface area contributed by atoms with Crippen molar-refractivity contribution in [1.29, 1.82) is 0 Å². The maximum Gasteiger partial charge on any atom is 0.365 e. The van der Waals surface area contributed by atoms with Crippen LogP contribution in [0.25, 0.3) is 0 Å². The fraction of sp³-hybridized carbons (Fsp3) is 0.722. The molecule has 0 bridgehead atoms. The smallest absolute Gasteiger partial charge is 0.346 e. The molecule has 10 heteroatoms. The molecule has 0 aliphatic carbocycles. The number of aromatic nitrogens is 1. The Balaban J connectivity index is 3.53. The number of rotatable bonds is 12. The zero-order valence-electron chi connectivity index (χ0n) is 18.0. The van der Waals surface area contributed by atoms with Crippen LogP contribution in [0, 0.1) is 0 Å². The molecule has 1 heterocycles. The first-order valence-electron chi connectivity index (χ1n) is 9.48. The second-order valence-electron chi connectivity index (χ2n) is 7.43. The van der Waals surface area contributed by atoms with Crippen LogP contribution in [-0.2, 0) is 27.2 Å². The number of pyridine rings is 1. The van der Waals surface area contributed by atoms with Crippen LogP contribution in [0.4, 0.5) is 5.82 Å². The third-order valence-electron chi connectivity index (χ3n) is 2.97. The fourth-order valence-corrected chi connectivity index (χ4v) is 7.90. The molecule has 28 heavy (non-hydrogen) atoms. The van der Waals surface area contributed by atoms with Crippen LogP contribution in [0.1, 0.15) is 55.4 Å². The van der Waals surface area contributed by atoms with E-state index in [1.165, 1.54) is 0 Å². The first-order chi connectivity index (χ1) is 12.9. The first-order valence-corrected chi connectivity index (χ1v) is 12.7. The van der Waals surface area contributed by atoms with Crippen LogP contribution in [-0.4, -0.2) is 34.9 Å². The highest BCUT2D eigenvalue weighted by molar-refractivity contribution is 7.73. The minimum Gasteiger partial charge on any atom is -0.346 e. The van der Waals surface area contributed by atoms with Crippen molar-refractivity contribution >= 4 is 21.0 Å². The Labute approximate surface area is 168 Å². The largest absolute Gasteiger partial charge is 0.365 e. The second kappa shape index (κ2) is 10.9. The van der Waals surface area contributed by atoms with Crippen molar-refractivity contribution in [2.45, 2.75) is 85.3 Å². The van der Waals surface area contributed by atoms with Crippen molar-refractivity contribution in [2.75, 3.05) is 5.32 Å². The van der Waals surface area contributed by atoms with Crippen molar-refractivity contribution in [3.63, 3.8) is 0 Å². The number of nitrogens with zero attached hydrogens (tertiary/aromatic N) is 1. The summed E-state index contributed by atoms with van der Waals surface area (Å²) in [6.07, 6.45) is -0.198. The van der Waals surface area contributed by atoms with Crippen molar-refractivity contribution in [3.05, 3.63) is 24.4 Å². The lowest BCUT2D eigenvalue weighted by Gasteiger charge is -2.35. The van der Waals surface area contributed by atoms with Gasteiger partial charge in [-0.3, -0.25) is 9.13 Å². The molecule has 1 aromatic rings. The summed E-state index contributed by atoms with van der Waals surface area (Å²) >= 11 is 0. The average Bonchev–Trinajstić information content (AvgIpc) is 2.50. The van der Waals surface area contributed by atoms with Gasteiger partial charge in [0.05, 0.1) is 24.4 Å². The maximum atomic E-state index is 13.9. The molecule has 162 valence electrons. The lowest BCUT2D eigenvalue weighted by atomic mass is 10.5. The summed E-state index contributed by atoms with van der Waals surface area (Å²) in [5.41, 5.74) is -1.38. The van der Waals surface area contributed by atoms with Gasteiger partial charge in [-0.25, -0.2) is 4.98 Å². The van der Waals surface area contributed by atoms with E-state index < -0.39 is 45.1 Å². The van der Waals surface area contributed by atoms with E-state index >= 15 is 0 Å². The van der Waals surface area contributed by atoms with Crippen molar-refractivity contribution in [3.8, 4) is 0 Å².